The van der Waals surface area contributed by atoms with E-state index < -0.39 is 0 Å². The Morgan fingerprint density at radius 3 is 2.46 bits per heavy atom. The normalized spacial score (nSPS) is 13.8. The summed E-state index contributed by atoms with van der Waals surface area (Å²) >= 11 is 12.6. The van der Waals surface area contributed by atoms with Crippen LogP contribution < -0.4 is 20.9 Å². The molecule has 3 aromatic rings. The zero-order valence-corrected chi connectivity index (χ0v) is 22.0. The SMILES string of the molecule is C=CC(=O)Nc1ccc(Nc2nc(Nc3ccc(N4CCN(CCOC)CC4)cc3)ncc2Cl)cc1Cl. The minimum atomic E-state index is -0.342. The number of nitrogens with zero attached hydrogens (tertiary/aromatic N) is 4. The number of piperazine rings is 1. The van der Waals surface area contributed by atoms with Gasteiger partial charge in [-0.2, -0.15) is 4.98 Å². The number of nitrogens with one attached hydrogen (secondary N) is 3. The lowest BCUT2D eigenvalue weighted by molar-refractivity contribution is -0.111. The molecule has 0 unspecified atom stereocenters. The lowest BCUT2D eigenvalue weighted by atomic mass is 10.2. The maximum atomic E-state index is 11.5. The fourth-order valence-corrected chi connectivity index (χ4v) is 4.23. The van der Waals surface area contributed by atoms with Crippen LogP contribution in [0.15, 0.2) is 61.3 Å². The fourth-order valence-electron chi connectivity index (χ4n) is 3.86. The van der Waals surface area contributed by atoms with E-state index >= 15 is 0 Å². The van der Waals surface area contributed by atoms with Gasteiger partial charge in [0.1, 0.15) is 5.02 Å². The molecular formula is C26H29Cl2N7O2. The van der Waals surface area contributed by atoms with Gasteiger partial charge in [-0.25, -0.2) is 4.98 Å². The quantitative estimate of drug-likeness (QED) is 0.303. The number of hydrogen-bond acceptors (Lipinski definition) is 8. The molecule has 2 aromatic carbocycles. The van der Waals surface area contributed by atoms with Crippen molar-refractivity contribution in [2.75, 3.05) is 67.3 Å². The first-order valence-electron chi connectivity index (χ1n) is 11.8. The van der Waals surface area contributed by atoms with Crippen LogP contribution in [0.2, 0.25) is 10.0 Å². The highest BCUT2D eigenvalue weighted by atomic mass is 35.5. The summed E-state index contributed by atoms with van der Waals surface area (Å²) in [6.07, 6.45) is 2.70. The van der Waals surface area contributed by atoms with Crippen molar-refractivity contribution >= 4 is 63.6 Å². The molecule has 1 aromatic heterocycles. The summed E-state index contributed by atoms with van der Waals surface area (Å²) in [7, 11) is 1.74. The predicted octanol–water partition coefficient (Wildman–Crippen LogP) is 5.16. The predicted molar refractivity (Wildman–Crippen MR) is 151 cm³/mol. The Morgan fingerprint density at radius 2 is 1.78 bits per heavy atom. The maximum Gasteiger partial charge on any atom is 0.247 e. The molecule has 37 heavy (non-hydrogen) atoms. The smallest absolute Gasteiger partial charge is 0.247 e. The van der Waals surface area contributed by atoms with Gasteiger partial charge in [0.05, 0.1) is 23.5 Å². The topological polar surface area (TPSA) is 94.6 Å². The molecule has 0 spiro atoms. The van der Waals surface area contributed by atoms with Gasteiger partial charge in [0.25, 0.3) is 0 Å². The second-order valence-electron chi connectivity index (χ2n) is 8.40. The van der Waals surface area contributed by atoms with Crippen LogP contribution in [0.1, 0.15) is 0 Å². The molecular weight excluding hydrogens is 513 g/mol. The number of carbonyl (C=O) groups excluding carboxylic acids is 1. The van der Waals surface area contributed by atoms with Gasteiger partial charge in [-0.1, -0.05) is 29.8 Å². The number of methoxy groups -OCH3 is 1. The van der Waals surface area contributed by atoms with Gasteiger partial charge in [-0.3, -0.25) is 9.69 Å². The number of anilines is 6. The first-order chi connectivity index (χ1) is 17.9. The van der Waals surface area contributed by atoms with E-state index in [1.54, 1.807) is 25.3 Å². The third kappa shape index (κ3) is 7.33. The third-order valence-electron chi connectivity index (χ3n) is 5.89. The first-order valence-corrected chi connectivity index (χ1v) is 12.6. The molecule has 3 N–H and O–H groups in total. The molecule has 1 aliphatic heterocycles. The van der Waals surface area contributed by atoms with E-state index in [9.17, 15) is 4.79 Å². The molecule has 1 fully saturated rings. The van der Waals surface area contributed by atoms with E-state index in [0.29, 0.717) is 33.2 Å². The second kappa shape index (κ2) is 12.7. The molecule has 0 saturated carbocycles. The van der Waals surface area contributed by atoms with Gasteiger partial charge in [0.2, 0.25) is 11.9 Å². The number of rotatable bonds is 10. The van der Waals surface area contributed by atoms with Crippen molar-refractivity contribution in [1.29, 1.82) is 0 Å². The molecule has 0 aliphatic carbocycles. The van der Waals surface area contributed by atoms with Crippen LogP contribution in [-0.2, 0) is 9.53 Å². The van der Waals surface area contributed by atoms with E-state index in [2.05, 4.69) is 54.4 Å². The summed E-state index contributed by atoms with van der Waals surface area (Å²) in [6, 6.07) is 13.3. The summed E-state index contributed by atoms with van der Waals surface area (Å²) in [4.78, 5) is 25.1. The Morgan fingerprint density at radius 1 is 1.05 bits per heavy atom. The number of benzene rings is 2. The molecule has 0 atom stereocenters. The van der Waals surface area contributed by atoms with Gasteiger partial charge in [0.15, 0.2) is 5.82 Å². The van der Waals surface area contributed by atoms with E-state index in [1.807, 2.05) is 12.1 Å². The zero-order valence-electron chi connectivity index (χ0n) is 20.5. The highest BCUT2D eigenvalue weighted by Crippen LogP contribution is 2.30. The molecule has 194 valence electrons. The highest BCUT2D eigenvalue weighted by molar-refractivity contribution is 6.34. The summed E-state index contributed by atoms with van der Waals surface area (Å²) in [5.74, 6) is 0.471. The Labute approximate surface area is 226 Å². The van der Waals surface area contributed by atoms with Crippen molar-refractivity contribution in [2.24, 2.45) is 0 Å². The van der Waals surface area contributed by atoms with Crippen molar-refractivity contribution < 1.29 is 9.53 Å². The van der Waals surface area contributed by atoms with Crippen LogP contribution in [0.4, 0.5) is 34.5 Å². The fraction of sp³-hybridized carbons (Fsp3) is 0.269. The molecule has 2 heterocycles. The molecule has 9 nitrogen and oxygen atoms in total. The van der Waals surface area contributed by atoms with E-state index in [0.717, 1.165) is 45.0 Å². The van der Waals surface area contributed by atoms with Crippen LogP contribution in [0.25, 0.3) is 0 Å². The number of aromatic nitrogens is 2. The van der Waals surface area contributed by atoms with E-state index in [4.69, 9.17) is 27.9 Å². The van der Waals surface area contributed by atoms with Crippen molar-refractivity contribution in [1.82, 2.24) is 14.9 Å². The van der Waals surface area contributed by atoms with Crippen LogP contribution in [0.3, 0.4) is 0 Å². The van der Waals surface area contributed by atoms with Crippen LogP contribution >= 0.6 is 23.2 Å². The summed E-state index contributed by atoms with van der Waals surface area (Å²) in [5, 5.41) is 9.72. The minimum Gasteiger partial charge on any atom is -0.383 e. The van der Waals surface area contributed by atoms with Gasteiger partial charge in [0, 0.05) is 56.9 Å². The third-order valence-corrected chi connectivity index (χ3v) is 6.48. The Kier molecular flexibility index (Phi) is 9.19. The van der Waals surface area contributed by atoms with Crippen molar-refractivity contribution in [3.63, 3.8) is 0 Å². The minimum absolute atomic E-state index is 0.342. The van der Waals surface area contributed by atoms with Crippen molar-refractivity contribution in [2.45, 2.75) is 0 Å². The van der Waals surface area contributed by atoms with Crippen LogP contribution in [0, 0.1) is 0 Å². The molecule has 0 radical (unpaired) electrons. The Balaban J connectivity index is 1.38. The molecule has 4 rings (SSSR count). The highest BCUT2D eigenvalue weighted by Gasteiger charge is 2.17. The molecule has 0 bridgehead atoms. The van der Waals surface area contributed by atoms with Gasteiger partial charge < -0.3 is 25.6 Å². The van der Waals surface area contributed by atoms with Gasteiger partial charge >= 0.3 is 0 Å². The number of hydrogen-bond donors (Lipinski definition) is 3. The summed E-state index contributed by atoms with van der Waals surface area (Å²) in [6.45, 7) is 9.18. The maximum absolute atomic E-state index is 11.5. The van der Waals surface area contributed by atoms with Crippen LogP contribution in [0.5, 0.6) is 0 Å². The molecule has 11 heteroatoms. The lowest BCUT2D eigenvalue weighted by Crippen LogP contribution is -2.47. The van der Waals surface area contributed by atoms with E-state index in [1.165, 1.54) is 18.0 Å². The average Bonchev–Trinajstić information content (AvgIpc) is 2.91. The zero-order chi connectivity index (χ0) is 26.2. The number of halogens is 2. The number of amides is 1. The monoisotopic (exact) mass is 541 g/mol. The number of ether oxygens (including phenoxy) is 1. The number of carbonyl (C=O) groups is 1. The Bertz CT molecular complexity index is 1230. The average molecular weight is 542 g/mol. The summed E-state index contributed by atoms with van der Waals surface area (Å²) in [5.41, 5.74) is 3.17. The second-order valence-corrected chi connectivity index (χ2v) is 9.21. The van der Waals surface area contributed by atoms with E-state index in [-0.39, 0.29) is 5.91 Å². The largest absolute Gasteiger partial charge is 0.383 e. The Hall–Kier alpha value is -3.37. The lowest BCUT2D eigenvalue weighted by Gasteiger charge is -2.36. The summed E-state index contributed by atoms with van der Waals surface area (Å²) < 4.78 is 5.18. The first kappa shape index (κ1) is 26.7. The molecule has 1 amide bonds. The van der Waals surface area contributed by atoms with Gasteiger partial charge in [-0.05, 0) is 48.5 Å². The molecule has 1 aliphatic rings. The standard InChI is InChI=1S/C26H29Cl2N7O2/c1-3-24(36)32-23-9-6-19(16-21(23)27)30-25-22(28)17-29-26(33-25)31-18-4-7-20(8-5-18)35-12-10-34(11-13-35)14-15-37-2/h3-9,16-17H,1,10-15H2,2H3,(H,32,36)(H2,29,30,31,33). The van der Waals surface area contributed by atoms with Crippen molar-refractivity contribution in [3.8, 4) is 0 Å². The molecule has 1 saturated heterocycles. The van der Waals surface area contributed by atoms with Gasteiger partial charge in [-0.15, -0.1) is 0 Å². The van der Waals surface area contributed by atoms with Crippen molar-refractivity contribution in [3.05, 3.63) is 71.4 Å². The van der Waals surface area contributed by atoms with Crippen LogP contribution in [-0.4, -0.2) is 67.2 Å².